The molecule has 1 aliphatic carbocycles. The number of rotatable bonds is 3. The molecule has 2 aromatic rings. The second kappa shape index (κ2) is 4.72. The maximum Gasteiger partial charge on any atom is 0.305 e. The molecule has 1 aromatic heterocycles. The number of fused-ring (bicyclic) bond motifs is 3. The molecule has 100 valence electrons. The molecule has 1 aliphatic rings. The quantitative estimate of drug-likeness (QED) is 0.916. The summed E-state index contributed by atoms with van der Waals surface area (Å²) in [6.07, 6.45) is 4.89. The molecule has 3 heteroatoms. The molecule has 0 amide bonds. The van der Waals surface area contributed by atoms with Crippen LogP contribution in [0, 0.1) is 6.92 Å². The number of carboxylic acids is 1. The van der Waals surface area contributed by atoms with Gasteiger partial charge in [0.05, 0.1) is 6.42 Å². The lowest BCUT2D eigenvalue weighted by atomic mass is 9.95. The molecule has 0 bridgehead atoms. The molecule has 0 radical (unpaired) electrons. The molecule has 19 heavy (non-hydrogen) atoms. The largest absolute Gasteiger partial charge is 0.481 e. The Kier molecular flexibility index (Phi) is 3.05. The van der Waals surface area contributed by atoms with Crippen molar-refractivity contribution >= 4 is 16.9 Å². The summed E-state index contributed by atoms with van der Waals surface area (Å²) in [6.45, 7) is 2.68. The van der Waals surface area contributed by atoms with E-state index in [0.29, 0.717) is 6.54 Å². The van der Waals surface area contributed by atoms with E-state index in [1.807, 2.05) is 0 Å². The molecule has 1 N–H and O–H groups in total. The fraction of sp³-hybridized carbons (Fsp3) is 0.438. The van der Waals surface area contributed by atoms with Gasteiger partial charge in [0.1, 0.15) is 0 Å². The molecule has 3 rings (SSSR count). The van der Waals surface area contributed by atoms with E-state index in [1.165, 1.54) is 40.6 Å². The van der Waals surface area contributed by atoms with E-state index in [0.717, 1.165) is 12.8 Å². The summed E-state index contributed by atoms with van der Waals surface area (Å²) in [6, 6.07) is 6.54. The van der Waals surface area contributed by atoms with Crippen LogP contribution in [-0.4, -0.2) is 15.6 Å². The first kappa shape index (κ1) is 12.3. The predicted molar refractivity (Wildman–Crippen MR) is 75.6 cm³/mol. The third kappa shape index (κ3) is 2.14. The van der Waals surface area contributed by atoms with Crippen LogP contribution in [-0.2, 0) is 24.2 Å². The number of hydrogen-bond acceptors (Lipinski definition) is 1. The average molecular weight is 257 g/mol. The average Bonchev–Trinajstić information content (AvgIpc) is 2.69. The summed E-state index contributed by atoms with van der Waals surface area (Å²) in [7, 11) is 0. The van der Waals surface area contributed by atoms with Crippen LogP contribution in [0.1, 0.15) is 36.1 Å². The minimum absolute atomic E-state index is 0.199. The molecule has 0 unspecified atom stereocenters. The summed E-state index contributed by atoms with van der Waals surface area (Å²) in [5.41, 5.74) is 5.27. The van der Waals surface area contributed by atoms with E-state index in [4.69, 9.17) is 5.11 Å². The molecule has 1 heterocycles. The number of nitrogens with zero attached hydrogens (tertiary/aromatic N) is 1. The smallest absolute Gasteiger partial charge is 0.305 e. The predicted octanol–water partition coefficient (Wildman–Crippen LogP) is 3.30. The Hall–Kier alpha value is -1.77. The maximum atomic E-state index is 10.9. The molecule has 0 spiro atoms. The number of carbonyl (C=O) groups is 1. The summed E-state index contributed by atoms with van der Waals surface area (Å²) < 4.78 is 2.24. The Morgan fingerprint density at radius 1 is 1.32 bits per heavy atom. The Labute approximate surface area is 112 Å². The normalized spacial score (nSPS) is 14.6. The van der Waals surface area contributed by atoms with Crippen LogP contribution >= 0.6 is 0 Å². The molecule has 0 fully saturated rings. The van der Waals surface area contributed by atoms with E-state index in [-0.39, 0.29) is 6.42 Å². The Balaban J connectivity index is 2.16. The number of aromatic nitrogens is 1. The SMILES string of the molecule is Cc1ccc2c3c(n(CCC(=O)O)c2c1)CCCC3. The highest BCUT2D eigenvalue weighted by Gasteiger charge is 2.20. The van der Waals surface area contributed by atoms with Gasteiger partial charge < -0.3 is 9.67 Å². The maximum absolute atomic E-state index is 10.9. The lowest BCUT2D eigenvalue weighted by molar-refractivity contribution is -0.137. The van der Waals surface area contributed by atoms with Crippen molar-refractivity contribution < 1.29 is 9.90 Å². The zero-order valence-electron chi connectivity index (χ0n) is 11.3. The number of hydrogen-bond donors (Lipinski definition) is 1. The number of aryl methyl sites for hydroxylation is 3. The molecule has 3 nitrogen and oxygen atoms in total. The van der Waals surface area contributed by atoms with Crippen LogP contribution in [0.25, 0.3) is 10.9 Å². The van der Waals surface area contributed by atoms with Gasteiger partial charge in [-0.1, -0.05) is 12.1 Å². The third-order valence-corrected chi connectivity index (χ3v) is 4.08. The van der Waals surface area contributed by atoms with Gasteiger partial charge in [0.2, 0.25) is 0 Å². The van der Waals surface area contributed by atoms with E-state index >= 15 is 0 Å². The summed E-state index contributed by atoms with van der Waals surface area (Å²) >= 11 is 0. The number of benzene rings is 1. The Morgan fingerprint density at radius 3 is 2.89 bits per heavy atom. The minimum Gasteiger partial charge on any atom is -0.481 e. The second-order valence-corrected chi connectivity index (χ2v) is 5.45. The van der Waals surface area contributed by atoms with Gasteiger partial charge in [-0.3, -0.25) is 4.79 Å². The molecule has 0 aliphatic heterocycles. The third-order valence-electron chi connectivity index (χ3n) is 4.08. The zero-order chi connectivity index (χ0) is 13.4. The molecular weight excluding hydrogens is 238 g/mol. The summed E-state index contributed by atoms with van der Waals surface area (Å²) in [4.78, 5) is 10.9. The van der Waals surface area contributed by atoms with E-state index in [1.54, 1.807) is 0 Å². The van der Waals surface area contributed by atoms with Gasteiger partial charge in [0.15, 0.2) is 0 Å². The van der Waals surface area contributed by atoms with E-state index in [9.17, 15) is 4.79 Å². The summed E-state index contributed by atoms with van der Waals surface area (Å²) in [5, 5.41) is 10.3. The zero-order valence-corrected chi connectivity index (χ0v) is 11.3. The van der Waals surface area contributed by atoms with Crippen molar-refractivity contribution in [3.8, 4) is 0 Å². The van der Waals surface area contributed by atoms with Gasteiger partial charge in [-0.2, -0.15) is 0 Å². The Morgan fingerprint density at radius 2 is 2.11 bits per heavy atom. The highest BCUT2D eigenvalue weighted by molar-refractivity contribution is 5.86. The van der Waals surface area contributed by atoms with Gasteiger partial charge in [-0.25, -0.2) is 0 Å². The van der Waals surface area contributed by atoms with Crippen LogP contribution in [0.15, 0.2) is 18.2 Å². The second-order valence-electron chi connectivity index (χ2n) is 5.45. The highest BCUT2D eigenvalue weighted by atomic mass is 16.4. The van der Waals surface area contributed by atoms with E-state index in [2.05, 4.69) is 29.7 Å². The minimum atomic E-state index is -0.723. The van der Waals surface area contributed by atoms with Crippen LogP contribution in [0.2, 0.25) is 0 Å². The molecule has 0 saturated heterocycles. The van der Waals surface area contributed by atoms with Crippen LogP contribution in [0.3, 0.4) is 0 Å². The fourth-order valence-electron chi connectivity index (χ4n) is 3.21. The lowest BCUT2D eigenvalue weighted by Gasteiger charge is -2.15. The van der Waals surface area contributed by atoms with Crippen molar-refractivity contribution in [2.45, 2.75) is 45.6 Å². The van der Waals surface area contributed by atoms with Crippen LogP contribution in [0.4, 0.5) is 0 Å². The standard InChI is InChI=1S/C16H19NO2/c1-11-6-7-13-12-4-2-3-5-14(12)17(15(13)10-11)9-8-16(18)19/h6-7,10H,2-5,8-9H2,1H3,(H,18,19). The number of aliphatic carboxylic acids is 1. The molecule has 1 aromatic carbocycles. The first-order valence-corrected chi connectivity index (χ1v) is 6.99. The van der Waals surface area contributed by atoms with Gasteiger partial charge in [0, 0.05) is 23.1 Å². The monoisotopic (exact) mass is 257 g/mol. The highest BCUT2D eigenvalue weighted by Crippen LogP contribution is 2.32. The summed E-state index contributed by atoms with van der Waals surface area (Å²) in [5.74, 6) is -0.723. The molecular formula is C16H19NO2. The van der Waals surface area contributed by atoms with Gasteiger partial charge in [0.25, 0.3) is 0 Å². The van der Waals surface area contributed by atoms with Crippen molar-refractivity contribution in [3.63, 3.8) is 0 Å². The first-order valence-electron chi connectivity index (χ1n) is 6.99. The fourth-order valence-corrected chi connectivity index (χ4v) is 3.21. The number of carboxylic acid groups (broad SMARTS) is 1. The van der Waals surface area contributed by atoms with Gasteiger partial charge in [-0.05, 0) is 49.8 Å². The molecule has 0 saturated carbocycles. The van der Waals surface area contributed by atoms with Gasteiger partial charge in [-0.15, -0.1) is 0 Å². The lowest BCUT2D eigenvalue weighted by Crippen LogP contribution is -2.11. The van der Waals surface area contributed by atoms with Crippen molar-refractivity contribution in [2.24, 2.45) is 0 Å². The van der Waals surface area contributed by atoms with Crippen molar-refractivity contribution in [2.75, 3.05) is 0 Å². The van der Waals surface area contributed by atoms with Gasteiger partial charge >= 0.3 is 5.97 Å². The van der Waals surface area contributed by atoms with Crippen molar-refractivity contribution in [3.05, 3.63) is 35.0 Å². The van der Waals surface area contributed by atoms with Crippen LogP contribution < -0.4 is 0 Å². The van der Waals surface area contributed by atoms with Crippen molar-refractivity contribution in [1.29, 1.82) is 0 Å². The first-order chi connectivity index (χ1) is 9.16. The Bertz CT molecular complexity index is 640. The van der Waals surface area contributed by atoms with E-state index < -0.39 is 5.97 Å². The van der Waals surface area contributed by atoms with Crippen molar-refractivity contribution in [1.82, 2.24) is 4.57 Å². The molecule has 0 atom stereocenters. The van der Waals surface area contributed by atoms with Crippen LogP contribution in [0.5, 0.6) is 0 Å². The topological polar surface area (TPSA) is 42.2 Å².